The number of ether oxygens (including phenoxy) is 2. The number of methoxy groups -OCH3 is 1. The van der Waals surface area contributed by atoms with Crippen LogP contribution in [-0.2, 0) is 16.2 Å². The molecular formula is C20H18BrCl2NO5. The van der Waals surface area contributed by atoms with Crippen molar-refractivity contribution >= 4 is 57.1 Å². The van der Waals surface area contributed by atoms with Crippen LogP contribution in [0.25, 0.3) is 6.08 Å². The van der Waals surface area contributed by atoms with Gasteiger partial charge >= 0.3 is 5.97 Å². The summed E-state index contributed by atoms with van der Waals surface area (Å²) >= 11 is 15.4. The molecule has 0 saturated carbocycles. The van der Waals surface area contributed by atoms with Crippen LogP contribution in [0.15, 0.2) is 40.9 Å². The minimum absolute atomic E-state index is 0.247. The Balaban J connectivity index is 2.13. The molecule has 0 fully saturated rings. The van der Waals surface area contributed by atoms with Crippen LogP contribution in [0, 0.1) is 0 Å². The quantitative estimate of drug-likeness (QED) is 0.499. The van der Waals surface area contributed by atoms with Gasteiger partial charge in [0.25, 0.3) is 0 Å². The normalized spacial score (nSPS) is 11.9. The summed E-state index contributed by atoms with van der Waals surface area (Å²) in [6.45, 7) is 1.63. The third-order valence-corrected chi connectivity index (χ3v) is 5.10. The highest BCUT2D eigenvalue weighted by Gasteiger charge is 2.14. The molecule has 154 valence electrons. The van der Waals surface area contributed by atoms with E-state index in [4.69, 9.17) is 37.8 Å². The summed E-state index contributed by atoms with van der Waals surface area (Å²) in [6.07, 6.45) is 2.79. The lowest BCUT2D eigenvalue weighted by molar-refractivity contribution is -0.140. The first-order valence-electron chi connectivity index (χ1n) is 8.37. The number of carbonyl (C=O) groups excluding carboxylic acids is 1. The molecular weight excluding hydrogens is 485 g/mol. The summed E-state index contributed by atoms with van der Waals surface area (Å²) in [5.74, 6) is -0.687. The molecule has 2 rings (SSSR count). The van der Waals surface area contributed by atoms with Crippen molar-refractivity contribution < 1.29 is 24.2 Å². The van der Waals surface area contributed by atoms with Gasteiger partial charge in [-0.25, -0.2) is 0 Å². The summed E-state index contributed by atoms with van der Waals surface area (Å²) < 4.78 is 11.9. The van der Waals surface area contributed by atoms with Crippen molar-refractivity contribution in [3.63, 3.8) is 0 Å². The molecule has 1 atom stereocenters. The number of nitrogens with one attached hydrogen (secondary N) is 1. The molecule has 29 heavy (non-hydrogen) atoms. The fraction of sp³-hybridized carbons (Fsp3) is 0.200. The third-order valence-electron chi connectivity index (χ3n) is 3.78. The van der Waals surface area contributed by atoms with E-state index >= 15 is 0 Å². The van der Waals surface area contributed by atoms with Gasteiger partial charge in [0.15, 0.2) is 11.5 Å². The Bertz CT molecular complexity index is 949. The molecule has 0 heterocycles. The predicted molar refractivity (Wildman–Crippen MR) is 116 cm³/mol. The van der Waals surface area contributed by atoms with Gasteiger partial charge in [0, 0.05) is 6.08 Å². The van der Waals surface area contributed by atoms with Gasteiger partial charge in [0.2, 0.25) is 5.91 Å². The number of hydrogen-bond donors (Lipinski definition) is 2. The molecule has 2 aromatic rings. The summed E-state index contributed by atoms with van der Waals surface area (Å²) in [6, 6.07) is 7.68. The maximum absolute atomic E-state index is 11.8. The Morgan fingerprint density at radius 3 is 2.59 bits per heavy atom. The Morgan fingerprint density at radius 1 is 1.24 bits per heavy atom. The highest BCUT2D eigenvalue weighted by Crippen LogP contribution is 2.37. The van der Waals surface area contributed by atoms with Crippen LogP contribution >= 0.6 is 39.1 Å². The highest BCUT2D eigenvalue weighted by atomic mass is 79.9. The SMILES string of the molecule is COc1cc(/C=C/C(=O)NC(C)C(=O)O)cc(Br)c1OCc1ccc(Cl)c(Cl)c1. The Kier molecular flexibility index (Phi) is 8.37. The summed E-state index contributed by atoms with van der Waals surface area (Å²) in [5, 5.41) is 12.1. The molecule has 1 amide bonds. The second-order valence-electron chi connectivity index (χ2n) is 5.97. The number of hydrogen-bond acceptors (Lipinski definition) is 4. The fourth-order valence-corrected chi connectivity index (χ4v) is 3.15. The predicted octanol–water partition coefficient (Wildman–Crippen LogP) is 4.95. The van der Waals surface area contributed by atoms with E-state index in [1.165, 1.54) is 20.1 Å². The Morgan fingerprint density at radius 2 is 1.97 bits per heavy atom. The van der Waals surface area contributed by atoms with E-state index in [2.05, 4.69) is 21.2 Å². The molecule has 0 aliphatic rings. The van der Waals surface area contributed by atoms with Crippen LogP contribution in [0.3, 0.4) is 0 Å². The van der Waals surface area contributed by atoms with Gasteiger partial charge in [0.1, 0.15) is 12.6 Å². The number of aliphatic carboxylic acids is 1. The van der Waals surface area contributed by atoms with Gasteiger partial charge in [-0.1, -0.05) is 29.3 Å². The summed E-state index contributed by atoms with van der Waals surface area (Å²) in [7, 11) is 1.50. The standard InChI is InChI=1S/C20H18BrCl2NO5/c1-11(20(26)27)24-18(25)6-4-12-7-14(21)19(17(9-12)28-2)29-10-13-3-5-15(22)16(23)8-13/h3-9,11H,10H2,1-2H3,(H,24,25)(H,26,27)/b6-4+. The van der Waals surface area contributed by atoms with Crippen LogP contribution in [0.2, 0.25) is 10.0 Å². The van der Waals surface area contributed by atoms with Crippen LogP contribution < -0.4 is 14.8 Å². The molecule has 0 saturated heterocycles. The molecule has 0 aliphatic carbocycles. The number of carboxylic acids is 1. The lowest BCUT2D eigenvalue weighted by Gasteiger charge is -2.14. The zero-order chi connectivity index (χ0) is 21.6. The van der Waals surface area contributed by atoms with Crippen LogP contribution in [0.4, 0.5) is 0 Å². The highest BCUT2D eigenvalue weighted by molar-refractivity contribution is 9.10. The molecule has 2 N–H and O–H groups in total. The average Bonchev–Trinajstić information content (AvgIpc) is 2.67. The summed E-state index contributed by atoms with van der Waals surface area (Å²) in [4.78, 5) is 22.6. The van der Waals surface area contributed by atoms with Gasteiger partial charge in [0.05, 0.1) is 21.6 Å². The second-order valence-corrected chi connectivity index (χ2v) is 7.64. The van der Waals surface area contributed by atoms with Crippen molar-refractivity contribution in [3.05, 3.63) is 62.1 Å². The zero-order valence-electron chi connectivity index (χ0n) is 15.5. The largest absolute Gasteiger partial charge is 0.493 e. The molecule has 0 bridgehead atoms. The zero-order valence-corrected chi connectivity index (χ0v) is 18.6. The minimum atomic E-state index is -1.11. The lowest BCUT2D eigenvalue weighted by atomic mass is 10.1. The number of halogens is 3. The van der Waals surface area contributed by atoms with E-state index in [0.717, 1.165) is 5.56 Å². The number of benzene rings is 2. The van der Waals surface area contributed by atoms with E-state index in [1.54, 1.807) is 30.3 Å². The smallest absolute Gasteiger partial charge is 0.325 e. The molecule has 0 aromatic heterocycles. The molecule has 1 unspecified atom stereocenters. The lowest BCUT2D eigenvalue weighted by Crippen LogP contribution is -2.37. The van der Waals surface area contributed by atoms with E-state index in [0.29, 0.717) is 31.6 Å². The van der Waals surface area contributed by atoms with E-state index < -0.39 is 17.9 Å². The van der Waals surface area contributed by atoms with E-state index in [1.807, 2.05) is 6.07 Å². The second kappa shape index (κ2) is 10.5. The fourth-order valence-electron chi connectivity index (χ4n) is 2.26. The van der Waals surface area contributed by atoms with Gasteiger partial charge < -0.3 is 19.9 Å². The van der Waals surface area contributed by atoms with Crippen LogP contribution in [0.5, 0.6) is 11.5 Å². The molecule has 2 aromatic carbocycles. The van der Waals surface area contributed by atoms with Crippen molar-refractivity contribution in [2.75, 3.05) is 7.11 Å². The third kappa shape index (κ3) is 6.66. The monoisotopic (exact) mass is 501 g/mol. The van der Waals surface area contributed by atoms with Crippen LogP contribution in [0.1, 0.15) is 18.1 Å². The van der Waals surface area contributed by atoms with Crippen molar-refractivity contribution in [2.45, 2.75) is 19.6 Å². The van der Waals surface area contributed by atoms with E-state index in [9.17, 15) is 9.59 Å². The number of carboxylic acid groups (broad SMARTS) is 1. The average molecular weight is 503 g/mol. The topological polar surface area (TPSA) is 84.9 Å². The van der Waals surface area contributed by atoms with Gasteiger partial charge in [-0.15, -0.1) is 0 Å². The molecule has 6 nitrogen and oxygen atoms in total. The van der Waals surface area contributed by atoms with Crippen molar-refractivity contribution in [1.82, 2.24) is 5.32 Å². The van der Waals surface area contributed by atoms with Crippen molar-refractivity contribution in [3.8, 4) is 11.5 Å². The maximum atomic E-state index is 11.8. The first-order chi connectivity index (χ1) is 13.7. The first-order valence-corrected chi connectivity index (χ1v) is 9.91. The van der Waals surface area contributed by atoms with Gasteiger partial charge in [-0.3, -0.25) is 9.59 Å². The molecule has 0 radical (unpaired) electrons. The minimum Gasteiger partial charge on any atom is -0.493 e. The molecule has 9 heteroatoms. The van der Waals surface area contributed by atoms with Crippen molar-refractivity contribution in [2.24, 2.45) is 0 Å². The number of amides is 1. The maximum Gasteiger partial charge on any atom is 0.325 e. The number of carbonyl (C=O) groups is 2. The van der Waals surface area contributed by atoms with Crippen LogP contribution in [-0.4, -0.2) is 30.1 Å². The Labute approximate surface area is 186 Å². The number of rotatable bonds is 8. The van der Waals surface area contributed by atoms with Gasteiger partial charge in [-0.05, 0) is 64.3 Å². The summed E-state index contributed by atoms with van der Waals surface area (Å²) in [5.41, 5.74) is 1.50. The first kappa shape index (κ1) is 23.1. The van der Waals surface area contributed by atoms with Crippen molar-refractivity contribution in [1.29, 1.82) is 0 Å². The van der Waals surface area contributed by atoms with Gasteiger partial charge in [-0.2, -0.15) is 0 Å². The Hall–Kier alpha value is -2.22. The van der Waals surface area contributed by atoms with E-state index in [-0.39, 0.29) is 6.61 Å². The molecule has 0 spiro atoms. The molecule has 0 aliphatic heterocycles.